The molecular formula is C16H23NO11. The lowest BCUT2D eigenvalue weighted by Crippen LogP contribution is -2.64. The van der Waals surface area contributed by atoms with Crippen LogP contribution in [0.5, 0.6) is 0 Å². The zero-order chi connectivity index (χ0) is 21.4. The molecule has 0 radical (unpaired) electrons. The van der Waals surface area contributed by atoms with Gasteiger partial charge in [-0.15, -0.1) is 0 Å². The van der Waals surface area contributed by atoms with Crippen LogP contribution in [-0.4, -0.2) is 73.7 Å². The Kier molecular flexibility index (Phi) is 8.79. The molecule has 0 aromatic rings. The largest absolute Gasteiger partial charge is 0.462 e. The first-order chi connectivity index (χ1) is 13.1. The van der Waals surface area contributed by atoms with Crippen molar-refractivity contribution < 1.29 is 52.4 Å². The van der Waals surface area contributed by atoms with Gasteiger partial charge in [0, 0.05) is 34.2 Å². The fourth-order valence-electron chi connectivity index (χ4n) is 2.46. The smallest absolute Gasteiger partial charge is 0.339 e. The molecule has 1 heterocycles. The molecule has 12 nitrogen and oxygen atoms in total. The molecule has 1 saturated heterocycles. The summed E-state index contributed by atoms with van der Waals surface area (Å²) in [6.45, 7) is 4.04. The quantitative estimate of drug-likeness (QED) is 0.388. The van der Waals surface area contributed by atoms with Crippen LogP contribution >= 0.6 is 0 Å². The number of hydrogen-bond donors (Lipinski definition) is 1. The zero-order valence-corrected chi connectivity index (χ0v) is 15.9. The molecule has 12 heteroatoms. The van der Waals surface area contributed by atoms with Gasteiger partial charge in [0.2, 0.25) is 12.4 Å². The van der Waals surface area contributed by atoms with E-state index in [2.05, 4.69) is 0 Å². The fraction of sp³-hybridized carbons (Fsp3) is 0.688. The van der Waals surface area contributed by atoms with Crippen molar-refractivity contribution in [1.29, 1.82) is 0 Å². The van der Waals surface area contributed by atoms with Crippen LogP contribution in [0.25, 0.3) is 0 Å². The highest BCUT2D eigenvalue weighted by Crippen LogP contribution is 2.30. The third kappa shape index (κ3) is 6.78. The van der Waals surface area contributed by atoms with Crippen LogP contribution in [0.3, 0.4) is 0 Å². The lowest BCUT2D eigenvalue weighted by Gasteiger charge is -2.42. The molecular weight excluding hydrogens is 382 g/mol. The van der Waals surface area contributed by atoms with Gasteiger partial charge in [-0.1, -0.05) is 0 Å². The van der Waals surface area contributed by atoms with Crippen LogP contribution in [-0.2, 0) is 52.4 Å². The molecule has 2 N–H and O–H groups in total. The Morgan fingerprint density at radius 2 is 1.21 bits per heavy atom. The molecule has 5 unspecified atom stereocenters. The maximum absolute atomic E-state index is 12.4. The fourth-order valence-corrected chi connectivity index (χ4v) is 2.46. The van der Waals surface area contributed by atoms with Crippen molar-refractivity contribution >= 4 is 29.8 Å². The van der Waals surface area contributed by atoms with Gasteiger partial charge in [-0.05, 0) is 0 Å². The average Bonchev–Trinajstić information content (AvgIpc) is 2.55. The Morgan fingerprint density at radius 3 is 1.68 bits per heavy atom. The molecule has 1 aliphatic rings. The van der Waals surface area contributed by atoms with Gasteiger partial charge < -0.3 is 34.2 Å². The highest BCUT2D eigenvalue weighted by atomic mass is 16.7. The van der Waals surface area contributed by atoms with E-state index in [0.717, 1.165) is 27.7 Å². The minimum Gasteiger partial charge on any atom is -0.462 e. The van der Waals surface area contributed by atoms with E-state index < -0.39 is 60.6 Å². The van der Waals surface area contributed by atoms with Gasteiger partial charge in [-0.3, -0.25) is 19.2 Å². The molecule has 0 aromatic heterocycles. The SMILES string of the molecule is CC(=O)OC1OC(C(=O)OCCN)C(OC(C)=O)C(OC(C)=O)C1OC(C)=O. The van der Waals surface area contributed by atoms with E-state index in [0.29, 0.717) is 0 Å². The van der Waals surface area contributed by atoms with Gasteiger partial charge in [-0.2, -0.15) is 0 Å². The highest BCUT2D eigenvalue weighted by Gasteiger charge is 2.56. The van der Waals surface area contributed by atoms with Gasteiger partial charge in [0.15, 0.2) is 18.3 Å². The second-order valence-electron chi connectivity index (χ2n) is 5.71. The summed E-state index contributed by atoms with van der Waals surface area (Å²) in [6, 6.07) is 0. The number of rotatable bonds is 7. The van der Waals surface area contributed by atoms with Gasteiger partial charge in [0.25, 0.3) is 0 Å². The van der Waals surface area contributed by atoms with Crippen molar-refractivity contribution in [2.24, 2.45) is 5.73 Å². The van der Waals surface area contributed by atoms with E-state index in [1.165, 1.54) is 0 Å². The number of carbonyl (C=O) groups excluding carboxylic acids is 5. The molecule has 0 amide bonds. The minimum atomic E-state index is -1.64. The maximum atomic E-state index is 12.4. The van der Waals surface area contributed by atoms with Crippen LogP contribution in [0.4, 0.5) is 0 Å². The van der Waals surface area contributed by atoms with E-state index in [-0.39, 0.29) is 13.2 Å². The van der Waals surface area contributed by atoms with Crippen LogP contribution in [0.1, 0.15) is 27.7 Å². The monoisotopic (exact) mass is 405 g/mol. The van der Waals surface area contributed by atoms with Gasteiger partial charge >= 0.3 is 29.8 Å². The topological polar surface area (TPSA) is 167 Å². The van der Waals surface area contributed by atoms with Crippen LogP contribution in [0.15, 0.2) is 0 Å². The molecule has 5 atom stereocenters. The average molecular weight is 405 g/mol. The Labute approximate surface area is 160 Å². The molecule has 0 spiro atoms. The predicted octanol–water partition coefficient (Wildman–Crippen LogP) is -1.43. The van der Waals surface area contributed by atoms with Crippen molar-refractivity contribution in [2.75, 3.05) is 13.2 Å². The number of esters is 5. The summed E-state index contributed by atoms with van der Waals surface area (Å²) < 4.78 is 30.5. The van der Waals surface area contributed by atoms with Gasteiger partial charge in [0.05, 0.1) is 0 Å². The summed E-state index contributed by atoms with van der Waals surface area (Å²) in [7, 11) is 0. The van der Waals surface area contributed by atoms with Gasteiger partial charge in [-0.25, -0.2) is 4.79 Å². The van der Waals surface area contributed by atoms with Crippen molar-refractivity contribution in [2.45, 2.75) is 58.4 Å². The minimum absolute atomic E-state index is 0.00745. The first-order valence-electron chi connectivity index (χ1n) is 8.27. The standard InChI is InChI=1S/C16H23NO11/c1-7(18)24-11-12(25-8(2)19)14(26-9(3)20)16(27-10(4)21)28-13(11)15(22)23-6-5-17/h11-14,16H,5-6,17H2,1-4H3. The molecule has 28 heavy (non-hydrogen) atoms. The van der Waals surface area contributed by atoms with E-state index in [4.69, 9.17) is 34.2 Å². The number of hydrogen-bond acceptors (Lipinski definition) is 12. The molecule has 0 bridgehead atoms. The van der Waals surface area contributed by atoms with Crippen molar-refractivity contribution in [3.05, 3.63) is 0 Å². The van der Waals surface area contributed by atoms with Gasteiger partial charge in [0.1, 0.15) is 6.61 Å². The summed E-state index contributed by atoms with van der Waals surface area (Å²) >= 11 is 0. The third-order valence-electron chi connectivity index (χ3n) is 3.28. The first-order valence-corrected chi connectivity index (χ1v) is 8.27. The second-order valence-corrected chi connectivity index (χ2v) is 5.71. The summed E-state index contributed by atoms with van der Waals surface area (Å²) in [4.78, 5) is 58.4. The normalized spacial score (nSPS) is 26.5. The Morgan fingerprint density at radius 1 is 0.750 bits per heavy atom. The van der Waals surface area contributed by atoms with Crippen molar-refractivity contribution in [3.63, 3.8) is 0 Å². The lowest BCUT2D eigenvalue weighted by molar-refractivity contribution is -0.294. The summed E-state index contributed by atoms with van der Waals surface area (Å²) in [5.41, 5.74) is 5.29. The number of ether oxygens (including phenoxy) is 6. The van der Waals surface area contributed by atoms with E-state index in [1.807, 2.05) is 0 Å². The highest BCUT2D eigenvalue weighted by molar-refractivity contribution is 5.77. The third-order valence-corrected chi connectivity index (χ3v) is 3.28. The van der Waals surface area contributed by atoms with Crippen molar-refractivity contribution in [1.82, 2.24) is 0 Å². The molecule has 1 rings (SSSR count). The molecule has 1 aliphatic heterocycles. The van der Waals surface area contributed by atoms with Crippen LogP contribution in [0.2, 0.25) is 0 Å². The number of nitrogens with two attached hydrogens (primary N) is 1. The maximum Gasteiger partial charge on any atom is 0.339 e. The van der Waals surface area contributed by atoms with Crippen LogP contribution < -0.4 is 5.73 Å². The zero-order valence-electron chi connectivity index (χ0n) is 15.9. The van der Waals surface area contributed by atoms with E-state index >= 15 is 0 Å². The lowest BCUT2D eigenvalue weighted by atomic mass is 9.97. The molecule has 1 fully saturated rings. The van der Waals surface area contributed by atoms with Crippen LogP contribution in [0, 0.1) is 0 Å². The Hall–Kier alpha value is -2.73. The second kappa shape index (κ2) is 10.6. The van der Waals surface area contributed by atoms with E-state index in [1.54, 1.807) is 0 Å². The van der Waals surface area contributed by atoms with E-state index in [9.17, 15) is 24.0 Å². The molecule has 0 aliphatic carbocycles. The Balaban J connectivity index is 3.36. The summed E-state index contributed by atoms with van der Waals surface area (Å²) in [6.07, 6.45) is -7.83. The predicted molar refractivity (Wildman–Crippen MR) is 87.1 cm³/mol. The summed E-state index contributed by atoms with van der Waals surface area (Å²) in [5, 5.41) is 0. The molecule has 0 saturated carbocycles. The molecule has 158 valence electrons. The number of carbonyl (C=O) groups is 5. The first kappa shape index (κ1) is 23.3. The Bertz CT molecular complexity index is 620. The summed E-state index contributed by atoms with van der Waals surface area (Å²) in [5.74, 6) is -4.34. The molecule has 0 aromatic carbocycles. The van der Waals surface area contributed by atoms with Crippen molar-refractivity contribution in [3.8, 4) is 0 Å².